The summed E-state index contributed by atoms with van der Waals surface area (Å²) >= 11 is 0. The van der Waals surface area contributed by atoms with E-state index in [1.54, 1.807) is 0 Å². The fourth-order valence-electron chi connectivity index (χ4n) is 2.77. The summed E-state index contributed by atoms with van der Waals surface area (Å²) in [4.78, 5) is 12.1. The Morgan fingerprint density at radius 2 is 2.00 bits per heavy atom. The van der Waals surface area contributed by atoms with Crippen molar-refractivity contribution >= 4 is 11.6 Å². The molecule has 0 saturated heterocycles. The molecular formula is C16H24N2O. The van der Waals surface area contributed by atoms with E-state index in [9.17, 15) is 4.79 Å². The van der Waals surface area contributed by atoms with Crippen LogP contribution in [0.1, 0.15) is 50.4 Å². The first kappa shape index (κ1) is 13.9. The summed E-state index contributed by atoms with van der Waals surface area (Å²) in [7, 11) is 0. The van der Waals surface area contributed by atoms with Crippen LogP contribution in [-0.2, 0) is 0 Å². The minimum absolute atomic E-state index is 0.0470. The molecule has 1 unspecified atom stereocenters. The second-order valence-electron chi connectivity index (χ2n) is 6.19. The van der Waals surface area contributed by atoms with Crippen molar-refractivity contribution in [2.24, 2.45) is 5.41 Å². The first-order chi connectivity index (χ1) is 9.00. The van der Waals surface area contributed by atoms with Crippen molar-refractivity contribution in [1.29, 1.82) is 0 Å². The zero-order valence-corrected chi connectivity index (χ0v) is 12.1. The number of benzene rings is 1. The molecule has 1 atom stereocenters. The Bertz CT molecular complexity index is 437. The van der Waals surface area contributed by atoms with Gasteiger partial charge in [-0.2, -0.15) is 0 Å². The third-order valence-electron chi connectivity index (χ3n) is 3.83. The predicted octanol–water partition coefficient (Wildman–Crippen LogP) is 3.43. The van der Waals surface area contributed by atoms with Gasteiger partial charge in [0.25, 0.3) is 5.91 Å². The average molecular weight is 260 g/mol. The summed E-state index contributed by atoms with van der Waals surface area (Å²) < 4.78 is 0. The van der Waals surface area contributed by atoms with Gasteiger partial charge >= 0.3 is 0 Å². The van der Waals surface area contributed by atoms with Crippen LogP contribution in [0, 0.1) is 5.41 Å². The highest BCUT2D eigenvalue weighted by Crippen LogP contribution is 2.36. The number of rotatable bonds is 4. The molecule has 1 saturated carbocycles. The van der Waals surface area contributed by atoms with Crippen molar-refractivity contribution in [3.05, 3.63) is 29.8 Å². The maximum atomic E-state index is 12.1. The molecule has 3 nitrogen and oxygen atoms in total. The highest BCUT2D eigenvalue weighted by molar-refractivity contribution is 5.94. The first-order valence-corrected chi connectivity index (χ1v) is 7.15. The molecule has 0 radical (unpaired) electrons. The lowest BCUT2D eigenvalue weighted by Crippen LogP contribution is -2.33. The molecule has 1 aliphatic rings. The Labute approximate surface area is 115 Å². The van der Waals surface area contributed by atoms with Gasteiger partial charge in [-0.1, -0.05) is 13.8 Å². The number of anilines is 1. The van der Waals surface area contributed by atoms with Gasteiger partial charge in [-0.25, -0.2) is 0 Å². The fraction of sp³-hybridized carbons (Fsp3) is 0.562. The van der Waals surface area contributed by atoms with Gasteiger partial charge in [0.05, 0.1) is 0 Å². The number of hydrogen-bond donors (Lipinski definition) is 2. The summed E-state index contributed by atoms with van der Waals surface area (Å²) in [6, 6.07) is 8.01. The van der Waals surface area contributed by atoms with Crippen LogP contribution in [0.5, 0.6) is 0 Å². The fourth-order valence-corrected chi connectivity index (χ4v) is 2.77. The lowest BCUT2D eigenvalue weighted by Gasteiger charge is -2.18. The Kier molecular flexibility index (Phi) is 4.13. The third-order valence-corrected chi connectivity index (χ3v) is 3.83. The quantitative estimate of drug-likeness (QED) is 0.871. The molecule has 0 bridgehead atoms. The van der Waals surface area contributed by atoms with E-state index in [0.717, 1.165) is 30.6 Å². The first-order valence-electron chi connectivity index (χ1n) is 7.15. The molecule has 104 valence electrons. The SMILES string of the molecule is CCNc1ccc(C(=O)NC2CCC(C)(C)C2)cc1. The van der Waals surface area contributed by atoms with E-state index in [0.29, 0.717) is 11.5 Å². The third kappa shape index (κ3) is 3.72. The molecule has 2 rings (SSSR count). The molecule has 1 fully saturated rings. The summed E-state index contributed by atoms with van der Waals surface area (Å²) in [5.74, 6) is 0.0470. The molecular weight excluding hydrogens is 236 g/mol. The number of carbonyl (C=O) groups excluding carboxylic acids is 1. The van der Waals surface area contributed by atoms with Crippen LogP contribution >= 0.6 is 0 Å². The summed E-state index contributed by atoms with van der Waals surface area (Å²) in [6.45, 7) is 7.49. The molecule has 1 aliphatic carbocycles. The molecule has 19 heavy (non-hydrogen) atoms. The lowest BCUT2D eigenvalue weighted by atomic mass is 9.92. The predicted molar refractivity (Wildman–Crippen MR) is 79.5 cm³/mol. The van der Waals surface area contributed by atoms with E-state index in [1.165, 1.54) is 6.42 Å². The van der Waals surface area contributed by atoms with Gasteiger partial charge < -0.3 is 10.6 Å². The zero-order valence-electron chi connectivity index (χ0n) is 12.1. The summed E-state index contributed by atoms with van der Waals surface area (Å²) in [5, 5.41) is 6.37. The lowest BCUT2D eigenvalue weighted by molar-refractivity contribution is 0.0936. The Hall–Kier alpha value is -1.51. The molecule has 1 aromatic carbocycles. The highest BCUT2D eigenvalue weighted by Gasteiger charge is 2.31. The molecule has 2 N–H and O–H groups in total. The molecule has 0 heterocycles. The van der Waals surface area contributed by atoms with Crippen molar-refractivity contribution < 1.29 is 4.79 Å². The number of nitrogens with one attached hydrogen (secondary N) is 2. The van der Waals surface area contributed by atoms with E-state index in [4.69, 9.17) is 0 Å². The van der Waals surface area contributed by atoms with E-state index in [1.807, 2.05) is 24.3 Å². The van der Waals surface area contributed by atoms with Crippen LogP contribution < -0.4 is 10.6 Å². The molecule has 0 aliphatic heterocycles. The maximum absolute atomic E-state index is 12.1. The topological polar surface area (TPSA) is 41.1 Å². The van der Waals surface area contributed by atoms with Crippen molar-refractivity contribution in [3.8, 4) is 0 Å². The minimum atomic E-state index is 0.0470. The van der Waals surface area contributed by atoms with Crippen LogP contribution in [0.2, 0.25) is 0 Å². The number of carbonyl (C=O) groups is 1. The largest absolute Gasteiger partial charge is 0.385 e. The molecule has 3 heteroatoms. The van der Waals surface area contributed by atoms with Gasteiger partial charge in [-0.15, -0.1) is 0 Å². The minimum Gasteiger partial charge on any atom is -0.385 e. The van der Waals surface area contributed by atoms with Gasteiger partial charge in [0.1, 0.15) is 0 Å². The second kappa shape index (κ2) is 5.64. The van der Waals surface area contributed by atoms with Crippen LogP contribution in [0.25, 0.3) is 0 Å². The normalized spacial score (nSPS) is 21.1. The summed E-state index contributed by atoms with van der Waals surface area (Å²) in [6.07, 6.45) is 3.36. The van der Waals surface area contributed by atoms with E-state index in [-0.39, 0.29) is 5.91 Å². The average Bonchev–Trinajstić information content (AvgIpc) is 2.70. The Morgan fingerprint density at radius 1 is 1.32 bits per heavy atom. The molecule has 1 aromatic rings. The highest BCUT2D eigenvalue weighted by atomic mass is 16.1. The number of amides is 1. The Balaban J connectivity index is 1.93. The van der Waals surface area contributed by atoms with Crippen molar-refractivity contribution in [3.63, 3.8) is 0 Å². The smallest absolute Gasteiger partial charge is 0.251 e. The van der Waals surface area contributed by atoms with Gasteiger partial charge in [0, 0.05) is 23.8 Å². The van der Waals surface area contributed by atoms with Gasteiger partial charge in [0.15, 0.2) is 0 Å². The van der Waals surface area contributed by atoms with E-state index in [2.05, 4.69) is 31.4 Å². The molecule has 0 spiro atoms. The number of hydrogen-bond acceptors (Lipinski definition) is 2. The van der Waals surface area contributed by atoms with Crippen LogP contribution in [0.4, 0.5) is 5.69 Å². The van der Waals surface area contributed by atoms with E-state index >= 15 is 0 Å². The molecule has 1 amide bonds. The summed E-state index contributed by atoms with van der Waals surface area (Å²) in [5.41, 5.74) is 2.17. The molecule has 0 aromatic heterocycles. The van der Waals surface area contributed by atoms with Crippen molar-refractivity contribution in [2.75, 3.05) is 11.9 Å². The van der Waals surface area contributed by atoms with Crippen molar-refractivity contribution in [2.45, 2.75) is 46.1 Å². The standard InChI is InChI=1S/C16H24N2O/c1-4-17-13-7-5-12(6-8-13)15(19)18-14-9-10-16(2,3)11-14/h5-8,14,17H,4,9-11H2,1-3H3,(H,18,19). The second-order valence-corrected chi connectivity index (χ2v) is 6.19. The zero-order chi connectivity index (χ0) is 13.9. The van der Waals surface area contributed by atoms with Crippen LogP contribution in [0.3, 0.4) is 0 Å². The monoisotopic (exact) mass is 260 g/mol. The maximum Gasteiger partial charge on any atom is 0.251 e. The van der Waals surface area contributed by atoms with Crippen LogP contribution in [-0.4, -0.2) is 18.5 Å². The Morgan fingerprint density at radius 3 is 2.53 bits per heavy atom. The van der Waals surface area contributed by atoms with E-state index < -0.39 is 0 Å². The van der Waals surface area contributed by atoms with Gasteiger partial charge in [-0.05, 0) is 55.9 Å². The van der Waals surface area contributed by atoms with Gasteiger partial charge in [-0.3, -0.25) is 4.79 Å². The van der Waals surface area contributed by atoms with Gasteiger partial charge in [0.2, 0.25) is 0 Å². The van der Waals surface area contributed by atoms with Crippen LogP contribution in [0.15, 0.2) is 24.3 Å². The van der Waals surface area contributed by atoms with Crippen molar-refractivity contribution in [1.82, 2.24) is 5.32 Å².